The molecule has 0 aliphatic carbocycles. The Balaban J connectivity index is 2.21. The van der Waals surface area contributed by atoms with Gasteiger partial charge in [-0.1, -0.05) is 0 Å². The Bertz CT molecular complexity index is 242. The third-order valence-corrected chi connectivity index (χ3v) is 3.32. The first kappa shape index (κ1) is 15.4. The first-order chi connectivity index (χ1) is 8.63. The normalized spacial score (nSPS) is 20.1. The summed E-state index contributed by atoms with van der Waals surface area (Å²) in [7, 11) is 3.82. The molecule has 1 heterocycles. The van der Waals surface area contributed by atoms with Crippen LogP contribution >= 0.6 is 0 Å². The van der Waals surface area contributed by atoms with Crippen molar-refractivity contribution in [1.29, 1.82) is 0 Å². The van der Waals surface area contributed by atoms with Crippen LogP contribution in [0.15, 0.2) is 0 Å². The molecule has 18 heavy (non-hydrogen) atoms. The molecule has 0 spiro atoms. The first-order valence-electron chi connectivity index (χ1n) is 6.87. The van der Waals surface area contributed by atoms with E-state index in [0.717, 1.165) is 32.5 Å². The van der Waals surface area contributed by atoms with E-state index >= 15 is 0 Å². The summed E-state index contributed by atoms with van der Waals surface area (Å²) in [5, 5.41) is 0. The van der Waals surface area contributed by atoms with Crippen LogP contribution < -0.4 is 5.73 Å². The fourth-order valence-corrected chi connectivity index (χ4v) is 2.17. The predicted octanol–water partition coefficient (Wildman–Crippen LogP) is 0.295. The standard InChI is InChI=1S/C13H27N3O2/c1-15(10-12-6-3-4-9-18-12)11-13(17)16(2)8-5-7-14/h12H,3-11,14H2,1-2H3. The number of carbonyl (C=O) groups excluding carboxylic acids is 1. The van der Waals surface area contributed by atoms with Crippen LogP contribution in [0.5, 0.6) is 0 Å². The van der Waals surface area contributed by atoms with Crippen LogP contribution in [-0.2, 0) is 9.53 Å². The van der Waals surface area contributed by atoms with Gasteiger partial charge >= 0.3 is 0 Å². The lowest BCUT2D eigenvalue weighted by Gasteiger charge is -2.28. The van der Waals surface area contributed by atoms with Gasteiger partial charge in [-0.3, -0.25) is 9.69 Å². The number of hydrogen-bond acceptors (Lipinski definition) is 4. The summed E-state index contributed by atoms with van der Waals surface area (Å²) < 4.78 is 5.67. The van der Waals surface area contributed by atoms with Gasteiger partial charge in [0.05, 0.1) is 12.6 Å². The fraction of sp³-hybridized carbons (Fsp3) is 0.923. The third-order valence-electron chi connectivity index (χ3n) is 3.32. The van der Waals surface area contributed by atoms with Crippen LogP contribution in [0.3, 0.4) is 0 Å². The van der Waals surface area contributed by atoms with Gasteiger partial charge in [0.15, 0.2) is 0 Å². The minimum atomic E-state index is 0.154. The average Bonchev–Trinajstić information content (AvgIpc) is 2.36. The highest BCUT2D eigenvalue weighted by molar-refractivity contribution is 5.77. The van der Waals surface area contributed by atoms with Crippen molar-refractivity contribution in [2.24, 2.45) is 5.73 Å². The van der Waals surface area contributed by atoms with E-state index in [1.807, 2.05) is 14.1 Å². The van der Waals surface area contributed by atoms with Crippen LogP contribution in [0.25, 0.3) is 0 Å². The Morgan fingerprint density at radius 2 is 2.17 bits per heavy atom. The lowest BCUT2D eigenvalue weighted by molar-refractivity contribution is -0.131. The van der Waals surface area contributed by atoms with E-state index in [1.165, 1.54) is 12.8 Å². The minimum absolute atomic E-state index is 0.154. The van der Waals surface area contributed by atoms with Crippen LogP contribution in [-0.4, -0.2) is 68.7 Å². The zero-order valence-corrected chi connectivity index (χ0v) is 11.7. The number of ether oxygens (including phenoxy) is 1. The van der Waals surface area contributed by atoms with Crippen molar-refractivity contribution in [3.8, 4) is 0 Å². The van der Waals surface area contributed by atoms with Gasteiger partial charge in [0, 0.05) is 26.7 Å². The molecule has 1 fully saturated rings. The molecular weight excluding hydrogens is 230 g/mol. The van der Waals surface area contributed by atoms with Gasteiger partial charge in [-0.15, -0.1) is 0 Å². The Hall–Kier alpha value is -0.650. The van der Waals surface area contributed by atoms with E-state index in [1.54, 1.807) is 4.90 Å². The van der Waals surface area contributed by atoms with Gasteiger partial charge in [-0.05, 0) is 39.3 Å². The second-order valence-electron chi connectivity index (χ2n) is 5.14. The minimum Gasteiger partial charge on any atom is -0.377 e. The molecule has 5 heteroatoms. The van der Waals surface area contributed by atoms with Gasteiger partial charge in [0.1, 0.15) is 0 Å². The van der Waals surface area contributed by atoms with E-state index in [2.05, 4.69) is 4.90 Å². The number of nitrogens with two attached hydrogens (primary N) is 1. The van der Waals surface area contributed by atoms with Crippen LogP contribution in [0.1, 0.15) is 25.7 Å². The molecule has 1 aliphatic rings. The maximum Gasteiger partial charge on any atom is 0.236 e. The van der Waals surface area contributed by atoms with Gasteiger partial charge in [0.25, 0.3) is 0 Å². The number of rotatable bonds is 7. The Morgan fingerprint density at radius 3 is 2.78 bits per heavy atom. The SMILES string of the molecule is CN(CC(=O)N(C)CCCN)CC1CCCCO1. The van der Waals surface area contributed by atoms with Crippen LogP contribution in [0.4, 0.5) is 0 Å². The van der Waals surface area contributed by atoms with Crippen molar-refractivity contribution < 1.29 is 9.53 Å². The molecule has 0 bridgehead atoms. The molecule has 2 N–H and O–H groups in total. The Morgan fingerprint density at radius 1 is 1.39 bits per heavy atom. The number of nitrogens with zero attached hydrogens (tertiary/aromatic N) is 2. The molecule has 1 aliphatic heterocycles. The maximum absolute atomic E-state index is 11.9. The van der Waals surface area contributed by atoms with Crippen LogP contribution in [0.2, 0.25) is 0 Å². The second kappa shape index (κ2) is 8.45. The molecule has 0 radical (unpaired) electrons. The van der Waals surface area contributed by atoms with Crippen molar-refractivity contribution >= 4 is 5.91 Å². The summed E-state index contributed by atoms with van der Waals surface area (Å²) in [6, 6.07) is 0. The molecule has 0 aromatic rings. The molecule has 1 atom stereocenters. The summed E-state index contributed by atoms with van der Waals surface area (Å²) in [5.74, 6) is 0.154. The van der Waals surface area contributed by atoms with Gasteiger partial charge in [-0.2, -0.15) is 0 Å². The predicted molar refractivity (Wildman–Crippen MR) is 72.4 cm³/mol. The van der Waals surface area contributed by atoms with Gasteiger partial charge < -0.3 is 15.4 Å². The first-order valence-corrected chi connectivity index (χ1v) is 6.87. The van der Waals surface area contributed by atoms with E-state index in [0.29, 0.717) is 19.2 Å². The quantitative estimate of drug-likeness (QED) is 0.712. The smallest absolute Gasteiger partial charge is 0.236 e. The zero-order chi connectivity index (χ0) is 13.4. The van der Waals surface area contributed by atoms with Gasteiger partial charge in [0.2, 0.25) is 5.91 Å². The summed E-state index contributed by atoms with van der Waals surface area (Å²) in [6.07, 6.45) is 4.68. The lowest BCUT2D eigenvalue weighted by Crippen LogP contribution is -2.41. The van der Waals surface area contributed by atoms with E-state index in [-0.39, 0.29) is 5.91 Å². The van der Waals surface area contributed by atoms with Crippen molar-refractivity contribution in [1.82, 2.24) is 9.80 Å². The molecule has 0 aromatic carbocycles. The Kier molecular flexibility index (Phi) is 7.23. The topological polar surface area (TPSA) is 58.8 Å². The van der Waals surface area contributed by atoms with Crippen molar-refractivity contribution in [2.75, 3.05) is 46.9 Å². The highest BCUT2D eigenvalue weighted by Crippen LogP contribution is 2.13. The molecule has 1 rings (SSSR count). The highest BCUT2D eigenvalue weighted by atomic mass is 16.5. The Labute approximate surface area is 110 Å². The summed E-state index contributed by atoms with van der Waals surface area (Å²) in [6.45, 7) is 3.53. The van der Waals surface area contributed by atoms with Crippen molar-refractivity contribution in [2.45, 2.75) is 31.8 Å². The van der Waals surface area contributed by atoms with Crippen molar-refractivity contribution in [3.05, 3.63) is 0 Å². The largest absolute Gasteiger partial charge is 0.377 e. The molecule has 1 amide bonds. The summed E-state index contributed by atoms with van der Waals surface area (Å²) >= 11 is 0. The van der Waals surface area contributed by atoms with Gasteiger partial charge in [-0.25, -0.2) is 0 Å². The monoisotopic (exact) mass is 257 g/mol. The number of carbonyl (C=O) groups is 1. The number of amides is 1. The molecule has 0 aromatic heterocycles. The molecular formula is C13H27N3O2. The molecule has 5 nitrogen and oxygen atoms in total. The number of likely N-dealkylation sites (N-methyl/N-ethyl adjacent to an activating group) is 2. The molecule has 1 saturated heterocycles. The third kappa shape index (κ3) is 5.80. The lowest BCUT2D eigenvalue weighted by atomic mass is 10.1. The molecule has 0 saturated carbocycles. The van der Waals surface area contributed by atoms with E-state index in [9.17, 15) is 4.79 Å². The maximum atomic E-state index is 11.9. The van der Waals surface area contributed by atoms with E-state index < -0.39 is 0 Å². The van der Waals surface area contributed by atoms with Crippen LogP contribution in [0, 0.1) is 0 Å². The average molecular weight is 257 g/mol. The fourth-order valence-electron chi connectivity index (χ4n) is 2.17. The summed E-state index contributed by atoms with van der Waals surface area (Å²) in [4.78, 5) is 15.7. The molecule has 1 unspecified atom stereocenters. The van der Waals surface area contributed by atoms with E-state index in [4.69, 9.17) is 10.5 Å². The molecule has 106 valence electrons. The highest BCUT2D eigenvalue weighted by Gasteiger charge is 2.18. The zero-order valence-electron chi connectivity index (χ0n) is 11.7. The van der Waals surface area contributed by atoms with Crippen molar-refractivity contribution in [3.63, 3.8) is 0 Å². The summed E-state index contributed by atoms with van der Waals surface area (Å²) in [5.41, 5.74) is 5.44. The second-order valence-corrected chi connectivity index (χ2v) is 5.14. The number of hydrogen-bond donors (Lipinski definition) is 1.